The maximum atomic E-state index is 12.3. The predicted molar refractivity (Wildman–Crippen MR) is 95.3 cm³/mol. The molecule has 2 aliphatic rings. The van der Waals surface area contributed by atoms with Crippen LogP contribution in [0.5, 0.6) is 0 Å². The highest BCUT2D eigenvalue weighted by atomic mass is 32.1. The van der Waals surface area contributed by atoms with Gasteiger partial charge in [-0.05, 0) is 40.2 Å². The molecule has 1 aromatic rings. The number of hydrogen-bond donors (Lipinski definition) is 1. The molecule has 24 heavy (non-hydrogen) atoms. The van der Waals surface area contributed by atoms with Gasteiger partial charge in [0.1, 0.15) is 0 Å². The van der Waals surface area contributed by atoms with Crippen molar-refractivity contribution in [2.45, 2.75) is 51.8 Å². The predicted octanol–water partition coefficient (Wildman–Crippen LogP) is 2.24. The van der Waals surface area contributed by atoms with Crippen molar-refractivity contribution in [2.75, 3.05) is 32.8 Å². The van der Waals surface area contributed by atoms with E-state index >= 15 is 0 Å². The van der Waals surface area contributed by atoms with Crippen molar-refractivity contribution in [1.82, 2.24) is 20.1 Å². The molecule has 0 aromatic carbocycles. The van der Waals surface area contributed by atoms with E-state index in [1.165, 1.54) is 0 Å². The molecule has 3 rings (SSSR count). The van der Waals surface area contributed by atoms with Crippen molar-refractivity contribution in [3.63, 3.8) is 0 Å². The van der Waals surface area contributed by atoms with Crippen molar-refractivity contribution in [2.24, 2.45) is 0 Å². The van der Waals surface area contributed by atoms with Gasteiger partial charge in [-0.1, -0.05) is 0 Å². The van der Waals surface area contributed by atoms with Crippen LogP contribution in [-0.4, -0.2) is 65.2 Å². The number of thiazole rings is 1. The van der Waals surface area contributed by atoms with Gasteiger partial charge >= 0.3 is 6.03 Å². The summed E-state index contributed by atoms with van der Waals surface area (Å²) >= 11 is 1.70. The van der Waals surface area contributed by atoms with Gasteiger partial charge in [0.2, 0.25) is 0 Å². The Hall–Kier alpha value is -1.18. The first kappa shape index (κ1) is 17.6. The summed E-state index contributed by atoms with van der Waals surface area (Å²) in [7, 11) is 0. The molecule has 0 aliphatic carbocycles. The summed E-state index contributed by atoms with van der Waals surface area (Å²) in [5, 5.41) is 6.25. The van der Waals surface area contributed by atoms with Crippen molar-refractivity contribution in [3.8, 4) is 0 Å². The number of carbonyl (C=O) groups is 1. The minimum Gasteiger partial charge on any atom is -0.370 e. The molecule has 3 heterocycles. The van der Waals surface area contributed by atoms with Gasteiger partial charge in [0.05, 0.1) is 29.5 Å². The van der Waals surface area contributed by atoms with E-state index in [9.17, 15) is 4.79 Å². The third-order valence-electron chi connectivity index (χ3n) is 4.62. The smallest absolute Gasteiger partial charge is 0.317 e. The van der Waals surface area contributed by atoms with Crippen LogP contribution in [0.3, 0.4) is 0 Å². The number of hydrogen-bond acceptors (Lipinski definition) is 5. The molecule has 0 bridgehead atoms. The van der Waals surface area contributed by atoms with E-state index in [0.717, 1.165) is 43.2 Å². The van der Waals surface area contributed by atoms with Gasteiger partial charge in [-0.25, -0.2) is 9.78 Å². The molecule has 1 N–H and O–H groups in total. The monoisotopic (exact) mass is 352 g/mol. The zero-order valence-electron chi connectivity index (χ0n) is 14.9. The summed E-state index contributed by atoms with van der Waals surface area (Å²) in [6.45, 7) is 10.8. The number of urea groups is 1. The molecule has 1 atom stereocenters. The maximum Gasteiger partial charge on any atom is 0.317 e. The third-order valence-corrected chi connectivity index (χ3v) is 5.44. The third kappa shape index (κ3) is 4.26. The molecule has 6 nitrogen and oxygen atoms in total. The Morgan fingerprint density at radius 2 is 2.29 bits per heavy atom. The maximum absolute atomic E-state index is 12.3. The lowest BCUT2D eigenvalue weighted by Crippen LogP contribution is -2.62. The summed E-state index contributed by atoms with van der Waals surface area (Å²) in [5.74, 6) is 0. The van der Waals surface area contributed by atoms with E-state index in [0.29, 0.717) is 19.7 Å². The largest absolute Gasteiger partial charge is 0.370 e. The fourth-order valence-corrected chi connectivity index (χ4v) is 4.24. The topological polar surface area (TPSA) is 57.7 Å². The molecule has 2 amide bonds. The number of likely N-dealkylation sites (tertiary alicyclic amines) is 1. The van der Waals surface area contributed by atoms with Crippen LogP contribution in [0.4, 0.5) is 4.79 Å². The van der Waals surface area contributed by atoms with Gasteiger partial charge in [0.25, 0.3) is 0 Å². The minimum absolute atomic E-state index is 0.0277. The van der Waals surface area contributed by atoms with Crippen molar-refractivity contribution >= 4 is 17.4 Å². The first-order chi connectivity index (χ1) is 11.5. The number of ether oxygens (including phenoxy) is 1. The van der Waals surface area contributed by atoms with Crippen LogP contribution < -0.4 is 5.32 Å². The van der Waals surface area contributed by atoms with E-state index < -0.39 is 0 Å². The standard InChI is InChI=1S/C17H28N4O2S/c1-13(2)18-16(22)21-7-8-23-17(12-21)5-4-6-20(11-17)9-15-10-24-14(3)19-15/h10,13H,4-9,11-12H2,1-3H3,(H,18,22)/t17-/m0/s1. The van der Waals surface area contributed by atoms with Crippen LogP contribution in [0.15, 0.2) is 5.38 Å². The molecule has 1 spiro atoms. The molecule has 134 valence electrons. The number of aryl methyl sites for hydroxylation is 1. The number of piperidine rings is 1. The normalized spacial score (nSPS) is 25.4. The quantitative estimate of drug-likeness (QED) is 0.906. The van der Waals surface area contributed by atoms with Crippen LogP contribution in [-0.2, 0) is 11.3 Å². The Kier molecular flexibility index (Phi) is 5.42. The van der Waals surface area contributed by atoms with Crippen LogP contribution >= 0.6 is 11.3 Å². The average molecular weight is 353 g/mol. The van der Waals surface area contributed by atoms with Crippen molar-refractivity contribution < 1.29 is 9.53 Å². The molecule has 2 aliphatic heterocycles. The van der Waals surface area contributed by atoms with Gasteiger partial charge in [-0.2, -0.15) is 0 Å². The van der Waals surface area contributed by atoms with E-state index in [-0.39, 0.29) is 17.7 Å². The van der Waals surface area contributed by atoms with Crippen molar-refractivity contribution in [3.05, 3.63) is 16.1 Å². The van der Waals surface area contributed by atoms with Gasteiger partial charge in [0.15, 0.2) is 0 Å². The van der Waals surface area contributed by atoms with Gasteiger partial charge in [-0.3, -0.25) is 4.90 Å². The second kappa shape index (κ2) is 7.37. The molecular weight excluding hydrogens is 324 g/mol. The number of amides is 2. The summed E-state index contributed by atoms with van der Waals surface area (Å²) in [6.07, 6.45) is 2.12. The lowest BCUT2D eigenvalue weighted by molar-refractivity contribution is -0.131. The highest BCUT2D eigenvalue weighted by Gasteiger charge is 2.41. The van der Waals surface area contributed by atoms with E-state index in [4.69, 9.17) is 4.74 Å². The zero-order valence-corrected chi connectivity index (χ0v) is 15.7. The fourth-order valence-electron chi connectivity index (χ4n) is 3.64. The number of carbonyl (C=O) groups excluding carboxylic acids is 1. The Labute approximate surface area is 148 Å². The van der Waals surface area contributed by atoms with Gasteiger partial charge < -0.3 is 15.0 Å². The Morgan fingerprint density at radius 3 is 3.00 bits per heavy atom. The lowest BCUT2D eigenvalue weighted by Gasteiger charge is -2.48. The second-order valence-electron chi connectivity index (χ2n) is 7.23. The number of nitrogens with zero attached hydrogens (tertiary/aromatic N) is 3. The highest BCUT2D eigenvalue weighted by Crippen LogP contribution is 2.30. The van der Waals surface area contributed by atoms with Gasteiger partial charge in [0, 0.05) is 31.1 Å². The number of aromatic nitrogens is 1. The first-order valence-corrected chi connectivity index (χ1v) is 9.66. The van der Waals surface area contributed by atoms with Crippen molar-refractivity contribution in [1.29, 1.82) is 0 Å². The minimum atomic E-state index is -0.226. The summed E-state index contributed by atoms with van der Waals surface area (Å²) < 4.78 is 6.18. The Balaban J connectivity index is 1.62. The average Bonchev–Trinajstić information content (AvgIpc) is 2.92. The lowest BCUT2D eigenvalue weighted by atomic mass is 9.90. The van der Waals surface area contributed by atoms with Gasteiger partial charge in [-0.15, -0.1) is 11.3 Å². The Morgan fingerprint density at radius 1 is 1.46 bits per heavy atom. The highest BCUT2D eigenvalue weighted by molar-refractivity contribution is 7.09. The number of nitrogens with one attached hydrogen (secondary N) is 1. The number of morpholine rings is 1. The molecule has 7 heteroatoms. The van der Waals surface area contributed by atoms with E-state index in [1.54, 1.807) is 11.3 Å². The fraction of sp³-hybridized carbons (Fsp3) is 0.765. The van der Waals surface area contributed by atoms with Crippen LogP contribution in [0.2, 0.25) is 0 Å². The summed E-state index contributed by atoms with van der Waals surface area (Å²) in [6, 6.07) is 0.187. The van der Waals surface area contributed by atoms with E-state index in [1.807, 2.05) is 25.7 Å². The second-order valence-corrected chi connectivity index (χ2v) is 8.29. The van der Waals surface area contributed by atoms with E-state index in [2.05, 4.69) is 20.6 Å². The Bertz CT molecular complexity index is 573. The van der Waals surface area contributed by atoms with Crippen LogP contribution in [0.1, 0.15) is 37.4 Å². The molecule has 0 saturated carbocycles. The molecule has 0 unspecified atom stereocenters. The summed E-state index contributed by atoms with van der Waals surface area (Å²) in [5.41, 5.74) is 0.912. The molecule has 2 saturated heterocycles. The first-order valence-electron chi connectivity index (χ1n) is 8.78. The van der Waals surface area contributed by atoms with Crippen LogP contribution in [0, 0.1) is 6.92 Å². The SMILES string of the molecule is Cc1nc(CN2CCC[C@]3(C2)CN(C(=O)NC(C)C)CCO3)cs1. The molecule has 2 fully saturated rings. The molecule has 0 radical (unpaired) electrons. The zero-order chi connectivity index (χ0) is 17.2. The number of rotatable bonds is 3. The summed E-state index contributed by atoms with van der Waals surface area (Å²) in [4.78, 5) is 21.3. The molecule has 1 aromatic heterocycles. The molecular formula is C17H28N4O2S. The van der Waals surface area contributed by atoms with Crippen LogP contribution in [0.25, 0.3) is 0 Å².